The highest BCUT2D eigenvalue weighted by Gasteiger charge is 2.29. The minimum absolute atomic E-state index is 0.362. The zero-order valence-electron chi connectivity index (χ0n) is 17.5. The SMILES string of the molecule is Cc1ccc(S(=O)(=O)N2CCN(Cc3cc(=O)oc4cc(C)ccc34)CC2)c(C)c1. The summed E-state index contributed by atoms with van der Waals surface area (Å²) in [5.74, 6) is 0. The van der Waals surface area contributed by atoms with Gasteiger partial charge in [0, 0.05) is 44.2 Å². The van der Waals surface area contributed by atoms with Crippen LogP contribution < -0.4 is 5.63 Å². The highest BCUT2D eigenvalue weighted by molar-refractivity contribution is 7.89. The van der Waals surface area contributed by atoms with Crippen LogP contribution in [0, 0.1) is 20.8 Å². The lowest BCUT2D eigenvalue weighted by molar-refractivity contribution is 0.182. The van der Waals surface area contributed by atoms with Gasteiger partial charge in [-0.25, -0.2) is 13.2 Å². The van der Waals surface area contributed by atoms with Gasteiger partial charge in [-0.1, -0.05) is 29.8 Å². The zero-order valence-corrected chi connectivity index (χ0v) is 18.3. The Bertz CT molecular complexity index is 1260. The van der Waals surface area contributed by atoms with Crippen LogP contribution in [-0.4, -0.2) is 43.8 Å². The van der Waals surface area contributed by atoms with E-state index in [-0.39, 0.29) is 5.63 Å². The molecule has 0 aliphatic carbocycles. The van der Waals surface area contributed by atoms with Crippen LogP contribution in [0.2, 0.25) is 0 Å². The van der Waals surface area contributed by atoms with E-state index in [1.807, 2.05) is 51.1 Å². The Labute approximate surface area is 176 Å². The fourth-order valence-corrected chi connectivity index (χ4v) is 5.69. The molecule has 1 fully saturated rings. The molecule has 1 aliphatic rings. The molecule has 2 heterocycles. The quantitative estimate of drug-likeness (QED) is 0.599. The van der Waals surface area contributed by atoms with Gasteiger partial charge < -0.3 is 4.42 Å². The van der Waals surface area contributed by atoms with Crippen molar-refractivity contribution in [3.05, 3.63) is 75.1 Å². The Kier molecular flexibility index (Phi) is 5.53. The summed E-state index contributed by atoms with van der Waals surface area (Å²) in [5, 5.41) is 0.922. The summed E-state index contributed by atoms with van der Waals surface area (Å²) in [5.41, 5.74) is 3.99. The summed E-state index contributed by atoms with van der Waals surface area (Å²) in [6, 6.07) is 12.8. The van der Waals surface area contributed by atoms with Crippen LogP contribution in [0.15, 0.2) is 56.6 Å². The lowest BCUT2D eigenvalue weighted by Crippen LogP contribution is -2.48. The molecule has 4 rings (SSSR count). The van der Waals surface area contributed by atoms with Gasteiger partial charge >= 0.3 is 5.63 Å². The number of piperazine rings is 1. The van der Waals surface area contributed by atoms with Crippen molar-refractivity contribution in [2.45, 2.75) is 32.2 Å². The van der Waals surface area contributed by atoms with E-state index in [2.05, 4.69) is 4.90 Å². The van der Waals surface area contributed by atoms with E-state index in [0.29, 0.717) is 43.2 Å². The average molecular weight is 427 g/mol. The third-order valence-electron chi connectivity index (χ3n) is 5.66. The van der Waals surface area contributed by atoms with E-state index in [0.717, 1.165) is 27.6 Å². The molecular formula is C23H26N2O4S. The minimum Gasteiger partial charge on any atom is -0.423 e. The maximum atomic E-state index is 13.1. The van der Waals surface area contributed by atoms with E-state index in [1.165, 1.54) is 6.07 Å². The molecular weight excluding hydrogens is 400 g/mol. The van der Waals surface area contributed by atoms with Gasteiger partial charge in [-0.3, -0.25) is 4.90 Å². The molecule has 0 bridgehead atoms. The Hall–Kier alpha value is -2.48. The summed E-state index contributed by atoms with van der Waals surface area (Å²) in [6.45, 7) is 8.41. The maximum absolute atomic E-state index is 13.1. The Balaban J connectivity index is 1.50. The molecule has 1 aromatic heterocycles. The molecule has 30 heavy (non-hydrogen) atoms. The molecule has 7 heteroatoms. The number of sulfonamides is 1. The topological polar surface area (TPSA) is 70.8 Å². The first-order valence-corrected chi connectivity index (χ1v) is 11.5. The van der Waals surface area contributed by atoms with Gasteiger partial charge in [0.1, 0.15) is 5.58 Å². The highest BCUT2D eigenvalue weighted by Crippen LogP contribution is 2.24. The number of hydrogen-bond acceptors (Lipinski definition) is 5. The van der Waals surface area contributed by atoms with Crippen molar-refractivity contribution in [3.63, 3.8) is 0 Å². The monoisotopic (exact) mass is 426 g/mol. The predicted octanol–water partition coefficient (Wildman–Crippen LogP) is 3.22. The van der Waals surface area contributed by atoms with Crippen molar-refractivity contribution in [2.75, 3.05) is 26.2 Å². The molecule has 0 amide bonds. The van der Waals surface area contributed by atoms with Crippen molar-refractivity contribution >= 4 is 21.0 Å². The summed E-state index contributed by atoms with van der Waals surface area (Å²) >= 11 is 0. The number of aryl methyl sites for hydroxylation is 3. The Morgan fingerprint density at radius 1 is 0.900 bits per heavy atom. The molecule has 158 valence electrons. The van der Waals surface area contributed by atoms with E-state index >= 15 is 0 Å². The minimum atomic E-state index is -3.51. The van der Waals surface area contributed by atoms with Gasteiger partial charge in [-0.2, -0.15) is 4.31 Å². The number of hydrogen-bond donors (Lipinski definition) is 0. The molecule has 0 radical (unpaired) electrons. The first-order valence-electron chi connectivity index (χ1n) is 10.1. The van der Waals surface area contributed by atoms with Gasteiger partial charge in [0.2, 0.25) is 10.0 Å². The van der Waals surface area contributed by atoms with E-state index in [1.54, 1.807) is 10.4 Å². The van der Waals surface area contributed by atoms with Crippen molar-refractivity contribution in [2.24, 2.45) is 0 Å². The first-order chi connectivity index (χ1) is 14.2. The summed E-state index contributed by atoms with van der Waals surface area (Å²) in [4.78, 5) is 14.5. The molecule has 0 saturated carbocycles. The number of nitrogens with zero attached hydrogens (tertiary/aromatic N) is 2. The Morgan fingerprint density at radius 2 is 1.57 bits per heavy atom. The second-order valence-corrected chi connectivity index (χ2v) is 9.95. The smallest absolute Gasteiger partial charge is 0.336 e. The summed E-state index contributed by atoms with van der Waals surface area (Å²) in [7, 11) is -3.51. The normalized spacial score (nSPS) is 16.2. The van der Waals surface area contributed by atoms with Gasteiger partial charge in [0.05, 0.1) is 4.90 Å². The van der Waals surface area contributed by atoms with Gasteiger partial charge in [-0.15, -0.1) is 0 Å². The molecule has 0 atom stereocenters. The highest BCUT2D eigenvalue weighted by atomic mass is 32.2. The van der Waals surface area contributed by atoms with Crippen LogP contribution in [0.25, 0.3) is 11.0 Å². The van der Waals surface area contributed by atoms with Crippen LogP contribution in [0.4, 0.5) is 0 Å². The molecule has 2 aromatic carbocycles. The molecule has 1 aliphatic heterocycles. The lowest BCUT2D eigenvalue weighted by Gasteiger charge is -2.34. The van der Waals surface area contributed by atoms with Crippen LogP contribution in [0.3, 0.4) is 0 Å². The molecule has 6 nitrogen and oxygen atoms in total. The molecule has 1 saturated heterocycles. The van der Waals surface area contributed by atoms with Crippen molar-refractivity contribution in [3.8, 4) is 0 Å². The van der Waals surface area contributed by atoms with E-state index in [4.69, 9.17) is 4.42 Å². The van der Waals surface area contributed by atoms with Crippen LogP contribution in [-0.2, 0) is 16.6 Å². The second-order valence-electron chi connectivity index (χ2n) is 8.04. The molecule has 0 spiro atoms. The van der Waals surface area contributed by atoms with Crippen molar-refractivity contribution in [1.29, 1.82) is 0 Å². The van der Waals surface area contributed by atoms with E-state index < -0.39 is 10.0 Å². The van der Waals surface area contributed by atoms with Gasteiger partial charge in [-0.05, 0) is 49.6 Å². The third kappa shape index (κ3) is 4.05. The third-order valence-corrected chi connectivity index (χ3v) is 7.72. The molecule has 3 aromatic rings. The molecule has 0 unspecified atom stereocenters. The first kappa shape index (κ1) is 20.8. The van der Waals surface area contributed by atoms with Crippen molar-refractivity contribution < 1.29 is 12.8 Å². The summed E-state index contributed by atoms with van der Waals surface area (Å²) < 4.78 is 33.1. The largest absolute Gasteiger partial charge is 0.423 e. The van der Waals surface area contributed by atoms with Gasteiger partial charge in [0.15, 0.2) is 0 Å². The van der Waals surface area contributed by atoms with E-state index in [9.17, 15) is 13.2 Å². The maximum Gasteiger partial charge on any atom is 0.336 e. The summed E-state index contributed by atoms with van der Waals surface area (Å²) in [6.07, 6.45) is 0. The zero-order chi connectivity index (χ0) is 21.5. The van der Waals surface area contributed by atoms with Crippen LogP contribution in [0.1, 0.15) is 22.3 Å². The Morgan fingerprint density at radius 3 is 2.27 bits per heavy atom. The number of benzene rings is 2. The predicted molar refractivity (Wildman–Crippen MR) is 117 cm³/mol. The lowest BCUT2D eigenvalue weighted by atomic mass is 10.1. The second kappa shape index (κ2) is 7.98. The van der Waals surface area contributed by atoms with Crippen molar-refractivity contribution in [1.82, 2.24) is 9.21 Å². The van der Waals surface area contributed by atoms with Gasteiger partial charge in [0.25, 0.3) is 0 Å². The van der Waals surface area contributed by atoms with Crippen LogP contribution >= 0.6 is 0 Å². The average Bonchev–Trinajstić information content (AvgIpc) is 2.67. The fraction of sp³-hybridized carbons (Fsp3) is 0.348. The number of rotatable bonds is 4. The fourth-order valence-electron chi connectivity index (χ4n) is 4.06. The van der Waals surface area contributed by atoms with Crippen LogP contribution in [0.5, 0.6) is 0 Å². The standard InChI is InChI=1S/C23H26N2O4S/c1-16-5-7-22(18(3)12-16)30(27,28)25-10-8-24(9-11-25)15-19-14-23(26)29-21-13-17(2)4-6-20(19)21/h4-7,12-14H,8-11,15H2,1-3H3. The number of fused-ring (bicyclic) bond motifs is 1. The molecule has 0 N–H and O–H groups in total.